The van der Waals surface area contributed by atoms with Crippen LogP contribution in [0.5, 0.6) is 0 Å². The highest BCUT2D eigenvalue weighted by atomic mass is 14.3. The second kappa shape index (κ2) is 10.7. The molecule has 0 heteroatoms. The van der Waals surface area contributed by atoms with Crippen molar-refractivity contribution >= 4 is 0 Å². The zero-order valence-corrected chi connectivity index (χ0v) is 24.8. The number of hydrogen-bond donors (Lipinski definition) is 0. The molecule has 0 heterocycles. The number of hydrogen-bond acceptors (Lipinski definition) is 0. The molecule has 0 saturated carbocycles. The van der Waals surface area contributed by atoms with Gasteiger partial charge in [0.1, 0.15) is 0 Å². The lowest BCUT2D eigenvalue weighted by Crippen LogP contribution is -2.07. The van der Waals surface area contributed by atoms with Crippen LogP contribution in [0.1, 0.15) is 55.6 Å². The van der Waals surface area contributed by atoms with Crippen LogP contribution in [0.25, 0.3) is 33.4 Å². The Balaban J connectivity index is 2.00. The standard InChI is InChI=1S/C39H40/c1-24-18-20-33(28(5)21-24)38-30(7)37(35-22-25(2)17-19-27(35)4)31(8)39(34-16-12-13-26(3)29(34)6)36(38)23-32-14-10-9-11-15-32/h9-22H,23H2,1-8H3. The molecule has 0 fully saturated rings. The van der Waals surface area contributed by atoms with Gasteiger partial charge in [0.15, 0.2) is 0 Å². The fourth-order valence-electron chi connectivity index (χ4n) is 6.34. The van der Waals surface area contributed by atoms with Crippen LogP contribution in [0.15, 0.2) is 84.9 Å². The molecule has 0 N–H and O–H groups in total. The summed E-state index contributed by atoms with van der Waals surface area (Å²) >= 11 is 0. The molecule has 196 valence electrons. The van der Waals surface area contributed by atoms with E-state index in [2.05, 4.69) is 140 Å². The van der Waals surface area contributed by atoms with Gasteiger partial charge in [0, 0.05) is 0 Å². The lowest BCUT2D eigenvalue weighted by Gasteiger charge is -2.28. The topological polar surface area (TPSA) is 0 Å². The Bertz CT molecular complexity index is 1680. The third kappa shape index (κ3) is 4.97. The van der Waals surface area contributed by atoms with E-state index in [0.717, 1.165) is 6.42 Å². The third-order valence-electron chi connectivity index (χ3n) is 8.51. The van der Waals surface area contributed by atoms with E-state index in [1.165, 1.54) is 89.0 Å². The van der Waals surface area contributed by atoms with Crippen LogP contribution in [-0.2, 0) is 6.42 Å². The largest absolute Gasteiger partial charge is 0.0622 e. The zero-order valence-electron chi connectivity index (χ0n) is 24.8. The first-order valence-corrected chi connectivity index (χ1v) is 14.1. The quantitative estimate of drug-likeness (QED) is 0.221. The summed E-state index contributed by atoms with van der Waals surface area (Å²) in [6.45, 7) is 18.1. The first-order chi connectivity index (χ1) is 18.7. The monoisotopic (exact) mass is 508 g/mol. The van der Waals surface area contributed by atoms with E-state index in [9.17, 15) is 0 Å². The maximum Gasteiger partial charge on any atom is -0.00132 e. The van der Waals surface area contributed by atoms with Gasteiger partial charge in [0.2, 0.25) is 0 Å². The molecule has 5 aromatic carbocycles. The van der Waals surface area contributed by atoms with Crippen molar-refractivity contribution in [3.8, 4) is 33.4 Å². The Kier molecular flexibility index (Phi) is 7.32. The SMILES string of the molecule is Cc1ccc(-c2c(C)c(-c3cc(C)ccc3C)c(C)c(-c3cccc(C)c3C)c2Cc2ccccc2)c(C)c1. The molecule has 0 aliphatic rings. The fraction of sp³-hybridized carbons (Fsp3) is 0.231. The summed E-state index contributed by atoms with van der Waals surface area (Å²) in [5, 5.41) is 0. The normalized spacial score (nSPS) is 11.2. The molecule has 0 saturated heterocycles. The summed E-state index contributed by atoms with van der Waals surface area (Å²) in [6, 6.07) is 31.6. The van der Waals surface area contributed by atoms with Gasteiger partial charge in [-0.2, -0.15) is 0 Å². The van der Waals surface area contributed by atoms with E-state index in [-0.39, 0.29) is 0 Å². The van der Waals surface area contributed by atoms with Gasteiger partial charge in [-0.25, -0.2) is 0 Å². The van der Waals surface area contributed by atoms with Crippen molar-refractivity contribution in [1.82, 2.24) is 0 Å². The molecular formula is C39H40. The van der Waals surface area contributed by atoms with Gasteiger partial charge in [-0.15, -0.1) is 0 Å². The smallest absolute Gasteiger partial charge is 0.00132 e. The van der Waals surface area contributed by atoms with Crippen LogP contribution in [0.4, 0.5) is 0 Å². The van der Waals surface area contributed by atoms with Gasteiger partial charge >= 0.3 is 0 Å². The van der Waals surface area contributed by atoms with Crippen molar-refractivity contribution in [3.63, 3.8) is 0 Å². The average molecular weight is 509 g/mol. The van der Waals surface area contributed by atoms with E-state index in [1.54, 1.807) is 0 Å². The molecular weight excluding hydrogens is 468 g/mol. The van der Waals surface area contributed by atoms with Gasteiger partial charge in [-0.1, -0.05) is 96.1 Å². The first kappa shape index (κ1) is 26.7. The number of benzene rings is 5. The molecule has 0 atom stereocenters. The third-order valence-corrected chi connectivity index (χ3v) is 8.51. The summed E-state index contributed by atoms with van der Waals surface area (Å²) in [7, 11) is 0. The van der Waals surface area contributed by atoms with Crippen LogP contribution in [0.2, 0.25) is 0 Å². The average Bonchev–Trinajstić information content (AvgIpc) is 2.90. The minimum absolute atomic E-state index is 0.890. The predicted molar refractivity (Wildman–Crippen MR) is 170 cm³/mol. The van der Waals surface area contributed by atoms with Gasteiger partial charge in [0.25, 0.3) is 0 Å². The fourth-order valence-corrected chi connectivity index (χ4v) is 6.34. The summed E-state index contributed by atoms with van der Waals surface area (Å²) in [5.41, 5.74) is 21.6. The maximum atomic E-state index is 2.38. The molecule has 39 heavy (non-hydrogen) atoms. The molecule has 0 bridgehead atoms. The van der Waals surface area contributed by atoms with Crippen molar-refractivity contribution in [1.29, 1.82) is 0 Å². The summed E-state index contributed by atoms with van der Waals surface area (Å²) in [4.78, 5) is 0. The minimum atomic E-state index is 0.890. The lowest BCUT2D eigenvalue weighted by atomic mass is 9.76. The molecule has 5 rings (SSSR count). The van der Waals surface area contributed by atoms with Crippen LogP contribution in [-0.4, -0.2) is 0 Å². The van der Waals surface area contributed by atoms with Crippen LogP contribution >= 0.6 is 0 Å². The first-order valence-electron chi connectivity index (χ1n) is 14.1. The molecule has 0 spiro atoms. The Morgan fingerprint density at radius 1 is 0.410 bits per heavy atom. The molecule has 0 unspecified atom stereocenters. The molecule has 5 aromatic rings. The highest BCUT2D eigenvalue weighted by Gasteiger charge is 2.25. The van der Waals surface area contributed by atoms with Gasteiger partial charge in [0.05, 0.1) is 0 Å². The minimum Gasteiger partial charge on any atom is -0.0622 e. The summed E-state index contributed by atoms with van der Waals surface area (Å²) in [6.07, 6.45) is 0.890. The second-order valence-electron chi connectivity index (χ2n) is 11.4. The Hall–Kier alpha value is -3.90. The second-order valence-corrected chi connectivity index (χ2v) is 11.4. The zero-order chi connectivity index (χ0) is 27.8. The van der Waals surface area contributed by atoms with Crippen molar-refractivity contribution in [3.05, 3.63) is 141 Å². The van der Waals surface area contributed by atoms with Crippen LogP contribution in [0, 0.1) is 55.4 Å². The van der Waals surface area contributed by atoms with Gasteiger partial charge in [-0.3, -0.25) is 0 Å². The molecule has 0 radical (unpaired) electrons. The Morgan fingerprint density at radius 2 is 1.05 bits per heavy atom. The van der Waals surface area contributed by atoms with Crippen molar-refractivity contribution in [2.45, 2.75) is 61.8 Å². The van der Waals surface area contributed by atoms with Gasteiger partial charge in [-0.05, 0) is 140 Å². The molecule has 0 amide bonds. The Morgan fingerprint density at radius 3 is 1.74 bits per heavy atom. The van der Waals surface area contributed by atoms with E-state index < -0.39 is 0 Å². The highest BCUT2D eigenvalue weighted by molar-refractivity contribution is 5.94. The Labute approximate surface area is 235 Å². The van der Waals surface area contributed by atoms with E-state index >= 15 is 0 Å². The number of rotatable bonds is 5. The molecule has 0 aliphatic heterocycles. The molecule has 0 aliphatic carbocycles. The summed E-state index contributed by atoms with van der Waals surface area (Å²) in [5.74, 6) is 0. The highest BCUT2D eigenvalue weighted by Crippen LogP contribution is 2.47. The van der Waals surface area contributed by atoms with Crippen LogP contribution in [0.3, 0.4) is 0 Å². The molecule has 0 nitrogen and oxygen atoms in total. The van der Waals surface area contributed by atoms with E-state index in [1.807, 2.05) is 0 Å². The van der Waals surface area contributed by atoms with Crippen molar-refractivity contribution in [2.24, 2.45) is 0 Å². The number of aryl methyl sites for hydroxylation is 5. The van der Waals surface area contributed by atoms with Gasteiger partial charge < -0.3 is 0 Å². The van der Waals surface area contributed by atoms with E-state index in [4.69, 9.17) is 0 Å². The molecule has 0 aromatic heterocycles. The maximum absolute atomic E-state index is 2.38. The van der Waals surface area contributed by atoms with E-state index in [0.29, 0.717) is 0 Å². The van der Waals surface area contributed by atoms with Crippen molar-refractivity contribution < 1.29 is 0 Å². The predicted octanol–water partition coefficient (Wildman–Crippen LogP) is 10.7. The lowest BCUT2D eigenvalue weighted by molar-refractivity contribution is 1.16. The van der Waals surface area contributed by atoms with Crippen LogP contribution < -0.4 is 0 Å². The summed E-state index contributed by atoms with van der Waals surface area (Å²) < 4.78 is 0. The van der Waals surface area contributed by atoms with Crippen molar-refractivity contribution in [2.75, 3.05) is 0 Å².